The molecule has 3 aromatic heterocycles. The zero-order valence-corrected chi connectivity index (χ0v) is 18.1. The molecule has 0 radical (unpaired) electrons. The average molecular weight is 476 g/mol. The van der Waals surface area contributed by atoms with Crippen LogP contribution in [0.25, 0.3) is 11.0 Å². The first-order valence-corrected chi connectivity index (χ1v) is 10.0. The van der Waals surface area contributed by atoms with E-state index in [1.165, 1.54) is 24.7 Å². The van der Waals surface area contributed by atoms with Crippen molar-refractivity contribution in [2.24, 2.45) is 7.05 Å². The molecule has 1 atom stereocenters. The predicted molar refractivity (Wildman–Crippen MR) is 116 cm³/mol. The highest BCUT2D eigenvalue weighted by atomic mass is 35.5. The Kier molecular flexibility index (Phi) is 5.90. The minimum Gasteiger partial charge on any atom is -0.343 e. The van der Waals surface area contributed by atoms with E-state index in [4.69, 9.17) is 11.6 Å². The van der Waals surface area contributed by atoms with Crippen LogP contribution >= 0.6 is 11.6 Å². The molecule has 4 rings (SSSR count). The number of aryl methyl sites for hydroxylation is 1. The van der Waals surface area contributed by atoms with Gasteiger partial charge in [-0.25, -0.2) is 15.0 Å². The van der Waals surface area contributed by atoms with Crippen molar-refractivity contribution in [3.63, 3.8) is 0 Å². The minimum atomic E-state index is -4.58. The van der Waals surface area contributed by atoms with Crippen molar-refractivity contribution < 1.29 is 18.0 Å². The normalized spacial score (nSPS) is 12.5. The molecule has 0 aliphatic rings. The van der Waals surface area contributed by atoms with Crippen LogP contribution in [0.15, 0.2) is 49.2 Å². The van der Waals surface area contributed by atoms with Crippen LogP contribution in [0, 0.1) is 0 Å². The fourth-order valence-corrected chi connectivity index (χ4v) is 3.32. The molecule has 0 unspecified atom stereocenters. The Morgan fingerprint density at radius 2 is 1.88 bits per heavy atom. The molecule has 2 N–H and O–H groups in total. The quantitative estimate of drug-likeness (QED) is 0.435. The summed E-state index contributed by atoms with van der Waals surface area (Å²) in [5, 5.41) is 5.16. The molecule has 0 spiro atoms. The summed E-state index contributed by atoms with van der Waals surface area (Å²) >= 11 is 5.64. The number of benzene rings is 1. The summed E-state index contributed by atoms with van der Waals surface area (Å²) in [6, 6.07) is 4.61. The third-order valence-electron chi connectivity index (χ3n) is 4.85. The third-order valence-corrected chi connectivity index (χ3v) is 5.18. The number of amides is 1. The Morgan fingerprint density at radius 1 is 1.09 bits per heavy atom. The van der Waals surface area contributed by atoms with Crippen molar-refractivity contribution in [2.45, 2.75) is 19.1 Å². The Hall–Kier alpha value is -3.73. The Balaban J connectivity index is 1.44. The number of carbonyl (C=O) groups is 1. The number of imidazole rings is 1. The van der Waals surface area contributed by atoms with E-state index in [0.29, 0.717) is 11.2 Å². The van der Waals surface area contributed by atoms with Gasteiger partial charge in [0.25, 0.3) is 5.91 Å². The van der Waals surface area contributed by atoms with E-state index in [1.807, 2.05) is 7.05 Å². The van der Waals surface area contributed by atoms with Gasteiger partial charge in [-0.15, -0.1) is 0 Å². The van der Waals surface area contributed by atoms with Crippen molar-refractivity contribution in [1.29, 1.82) is 0 Å². The van der Waals surface area contributed by atoms with Gasteiger partial charge in [-0.1, -0.05) is 11.6 Å². The molecule has 0 aliphatic carbocycles. The van der Waals surface area contributed by atoms with Crippen molar-refractivity contribution in [2.75, 3.05) is 5.32 Å². The Labute approximate surface area is 190 Å². The predicted octanol–water partition coefficient (Wildman–Crippen LogP) is 4.67. The second-order valence-electron chi connectivity index (χ2n) is 7.25. The number of halogens is 4. The first-order valence-electron chi connectivity index (χ1n) is 9.65. The molecule has 0 saturated carbocycles. The molecular weight excluding hydrogens is 459 g/mol. The van der Waals surface area contributed by atoms with Crippen molar-refractivity contribution >= 4 is 40.0 Å². The van der Waals surface area contributed by atoms with Gasteiger partial charge in [0.15, 0.2) is 0 Å². The summed E-state index contributed by atoms with van der Waals surface area (Å²) in [7, 11) is 1.82. The van der Waals surface area contributed by atoms with Crippen LogP contribution in [0.5, 0.6) is 0 Å². The van der Waals surface area contributed by atoms with Crippen molar-refractivity contribution in [3.05, 3.63) is 71.2 Å². The second-order valence-corrected chi connectivity index (χ2v) is 7.66. The fourth-order valence-electron chi connectivity index (χ4n) is 3.09. The molecule has 3 heterocycles. The number of nitrogens with one attached hydrogen (secondary N) is 2. The lowest BCUT2D eigenvalue weighted by Crippen LogP contribution is -2.28. The second kappa shape index (κ2) is 8.66. The molecule has 0 fully saturated rings. The van der Waals surface area contributed by atoms with Gasteiger partial charge in [0.05, 0.1) is 52.8 Å². The van der Waals surface area contributed by atoms with Crippen LogP contribution < -0.4 is 10.6 Å². The number of rotatable bonds is 5. The van der Waals surface area contributed by atoms with E-state index in [2.05, 4.69) is 30.6 Å². The van der Waals surface area contributed by atoms with Gasteiger partial charge in [0.2, 0.25) is 0 Å². The van der Waals surface area contributed by atoms with Gasteiger partial charge in [0, 0.05) is 12.7 Å². The lowest BCUT2D eigenvalue weighted by atomic mass is 10.2. The number of fused-ring (bicyclic) bond motifs is 1. The maximum Gasteiger partial charge on any atom is 0.417 e. The molecule has 0 bridgehead atoms. The number of aromatic nitrogens is 5. The maximum absolute atomic E-state index is 13.0. The lowest BCUT2D eigenvalue weighted by molar-refractivity contribution is -0.137. The number of hydrogen-bond donors (Lipinski definition) is 2. The number of carbonyl (C=O) groups excluding carboxylic acids is 1. The minimum absolute atomic E-state index is 0.159. The van der Waals surface area contributed by atoms with E-state index in [0.717, 1.165) is 17.6 Å². The summed E-state index contributed by atoms with van der Waals surface area (Å²) in [6.07, 6.45) is 1.37. The standard InChI is InChI=1S/C21H17ClF3N7O/c1-11(30-20(33)15-6-18-17(8-26-15)29-10-32(18)2)16-7-28-19(9-27-16)31-12-3-4-14(22)13(5-12)21(23,24)25/h3-11H,1-2H3,(H,28,31)(H,30,33)/t11-/m0/s1. The molecule has 33 heavy (non-hydrogen) atoms. The maximum atomic E-state index is 13.0. The molecule has 8 nitrogen and oxygen atoms in total. The SMILES string of the molecule is C[C@H](NC(=O)c1cc2c(cn1)ncn2C)c1cnc(Nc2ccc(Cl)c(C(F)(F)F)c2)cn1. The van der Waals surface area contributed by atoms with Crippen LogP contribution in [0.2, 0.25) is 5.02 Å². The summed E-state index contributed by atoms with van der Waals surface area (Å²) in [6.45, 7) is 1.73. The third kappa shape index (κ3) is 4.87. The van der Waals surface area contributed by atoms with Gasteiger partial charge >= 0.3 is 6.18 Å². The van der Waals surface area contributed by atoms with Crippen molar-refractivity contribution in [3.8, 4) is 0 Å². The van der Waals surface area contributed by atoms with Gasteiger partial charge in [-0.3, -0.25) is 9.78 Å². The molecule has 1 amide bonds. The van der Waals surface area contributed by atoms with Crippen molar-refractivity contribution in [1.82, 2.24) is 29.8 Å². The number of hydrogen-bond acceptors (Lipinski definition) is 6. The van der Waals surface area contributed by atoms with Crippen LogP contribution in [-0.2, 0) is 13.2 Å². The number of anilines is 2. The summed E-state index contributed by atoms with van der Waals surface area (Å²) in [5.41, 5.74) is 1.35. The topological polar surface area (TPSA) is 97.6 Å². The summed E-state index contributed by atoms with van der Waals surface area (Å²) < 4.78 is 40.9. The summed E-state index contributed by atoms with van der Waals surface area (Å²) in [5.74, 6) is -0.161. The van der Waals surface area contributed by atoms with Gasteiger partial charge in [0.1, 0.15) is 17.0 Å². The largest absolute Gasteiger partial charge is 0.417 e. The number of pyridine rings is 1. The highest BCUT2D eigenvalue weighted by Crippen LogP contribution is 2.36. The zero-order valence-electron chi connectivity index (χ0n) is 17.4. The van der Waals surface area contributed by atoms with Crippen LogP contribution in [-0.4, -0.2) is 30.4 Å². The Morgan fingerprint density at radius 3 is 2.58 bits per heavy atom. The molecule has 0 saturated heterocycles. The van der Waals surface area contributed by atoms with E-state index < -0.39 is 28.7 Å². The molecular formula is C21H17ClF3N7O. The number of nitrogens with zero attached hydrogens (tertiary/aromatic N) is 5. The van der Waals surface area contributed by atoms with Gasteiger partial charge in [-0.2, -0.15) is 13.2 Å². The van der Waals surface area contributed by atoms with Crippen LogP contribution in [0.4, 0.5) is 24.7 Å². The highest BCUT2D eigenvalue weighted by molar-refractivity contribution is 6.31. The smallest absolute Gasteiger partial charge is 0.343 e. The molecule has 0 aliphatic heterocycles. The van der Waals surface area contributed by atoms with Crippen LogP contribution in [0.3, 0.4) is 0 Å². The van der Waals surface area contributed by atoms with E-state index in [9.17, 15) is 18.0 Å². The van der Waals surface area contributed by atoms with E-state index in [1.54, 1.807) is 23.9 Å². The van der Waals surface area contributed by atoms with Gasteiger partial charge in [-0.05, 0) is 31.2 Å². The fraction of sp³-hybridized carbons (Fsp3) is 0.190. The molecule has 4 aromatic rings. The molecule has 12 heteroatoms. The number of alkyl halides is 3. The first-order chi connectivity index (χ1) is 15.6. The molecule has 170 valence electrons. The van der Waals surface area contributed by atoms with E-state index >= 15 is 0 Å². The monoisotopic (exact) mass is 475 g/mol. The Bertz CT molecular complexity index is 1320. The molecule has 1 aromatic carbocycles. The lowest BCUT2D eigenvalue weighted by Gasteiger charge is -2.14. The van der Waals surface area contributed by atoms with E-state index in [-0.39, 0.29) is 17.2 Å². The highest BCUT2D eigenvalue weighted by Gasteiger charge is 2.33. The van der Waals surface area contributed by atoms with Crippen LogP contribution in [0.1, 0.15) is 34.7 Å². The average Bonchev–Trinajstić information content (AvgIpc) is 3.15. The first kappa shape index (κ1) is 22.5. The zero-order chi connectivity index (χ0) is 23.8. The van der Waals surface area contributed by atoms with Gasteiger partial charge < -0.3 is 15.2 Å². The summed E-state index contributed by atoms with van der Waals surface area (Å²) in [4.78, 5) is 29.3.